The molecule has 1 saturated heterocycles. The zero-order valence-electron chi connectivity index (χ0n) is 18.3. The van der Waals surface area contributed by atoms with Gasteiger partial charge in [0, 0.05) is 31.9 Å². The summed E-state index contributed by atoms with van der Waals surface area (Å²) in [4.78, 5) is 18.8. The van der Waals surface area contributed by atoms with Crippen LogP contribution in [0.5, 0.6) is 0 Å². The Balaban J connectivity index is 1.21. The Bertz CT molecular complexity index is 887. The van der Waals surface area contributed by atoms with Crippen molar-refractivity contribution in [2.45, 2.75) is 57.6 Å². The van der Waals surface area contributed by atoms with Crippen LogP contribution in [0.25, 0.3) is 0 Å². The quantitative estimate of drug-likeness (QED) is 0.594. The standard InChI is InChI=1S/C25H33N3O3/c1-18-16-23-22(11-7-13-26-23)27-21(18)10-5-6-15-31-20-12-14-28(17-20)24(25(29)30)19-8-3-2-4-9-19/h2-4,8-9,16,20,24,26H,5-7,10-15,17H2,1H3,(H,29,30)/t20-,24?/m1/s1. The zero-order valence-corrected chi connectivity index (χ0v) is 18.3. The smallest absolute Gasteiger partial charge is 0.325 e. The minimum Gasteiger partial charge on any atom is -0.480 e. The number of aromatic nitrogens is 1. The fourth-order valence-corrected chi connectivity index (χ4v) is 4.68. The Morgan fingerprint density at radius 3 is 2.97 bits per heavy atom. The third-order valence-corrected chi connectivity index (χ3v) is 6.35. The van der Waals surface area contributed by atoms with Crippen molar-refractivity contribution in [2.24, 2.45) is 0 Å². The lowest BCUT2D eigenvalue weighted by Gasteiger charge is -2.24. The summed E-state index contributed by atoms with van der Waals surface area (Å²) in [6, 6.07) is 11.1. The Morgan fingerprint density at radius 2 is 2.16 bits per heavy atom. The number of carboxylic acids is 1. The van der Waals surface area contributed by atoms with Crippen molar-refractivity contribution in [2.75, 3.05) is 31.6 Å². The van der Waals surface area contributed by atoms with Crippen LogP contribution in [0.4, 0.5) is 5.69 Å². The number of likely N-dealkylation sites (tertiary alicyclic amines) is 1. The highest BCUT2D eigenvalue weighted by molar-refractivity contribution is 5.75. The van der Waals surface area contributed by atoms with E-state index in [0.29, 0.717) is 13.2 Å². The van der Waals surface area contributed by atoms with Crippen LogP contribution in [0, 0.1) is 6.92 Å². The maximum Gasteiger partial charge on any atom is 0.325 e. The van der Waals surface area contributed by atoms with Gasteiger partial charge in [0.2, 0.25) is 0 Å². The van der Waals surface area contributed by atoms with Gasteiger partial charge in [0.05, 0.1) is 17.5 Å². The number of carboxylic acid groups (broad SMARTS) is 1. The van der Waals surface area contributed by atoms with Crippen LogP contribution in [-0.2, 0) is 22.4 Å². The number of rotatable bonds is 9. The summed E-state index contributed by atoms with van der Waals surface area (Å²) >= 11 is 0. The number of ether oxygens (including phenoxy) is 1. The van der Waals surface area contributed by atoms with Gasteiger partial charge in [-0.15, -0.1) is 0 Å². The molecular formula is C25H33N3O3. The molecule has 3 heterocycles. The second-order valence-corrected chi connectivity index (χ2v) is 8.66. The number of carbonyl (C=O) groups is 1. The Hall–Kier alpha value is -2.44. The number of benzene rings is 1. The fraction of sp³-hybridized carbons (Fsp3) is 0.520. The van der Waals surface area contributed by atoms with Crippen molar-refractivity contribution < 1.29 is 14.6 Å². The van der Waals surface area contributed by atoms with Crippen molar-refractivity contribution in [3.63, 3.8) is 0 Å². The van der Waals surface area contributed by atoms with E-state index >= 15 is 0 Å². The number of hydrogen-bond donors (Lipinski definition) is 2. The summed E-state index contributed by atoms with van der Waals surface area (Å²) in [5.74, 6) is -0.796. The maximum absolute atomic E-state index is 11.9. The van der Waals surface area contributed by atoms with E-state index in [-0.39, 0.29) is 6.10 Å². The molecule has 1 fully saturated rings. The van der Waals surface area contributed by atoms with Crippen molar-refractivity contribution in [1.82, 2.24) is 9.88 Å². The van der Waals surface area contributed by atoms with E-state index in [9.17, 15) is 9.90 Å². The molecular weight excluding hydrogens is 390 g/mol. The lowest BCUT2D eigenvalue weighted by atomic mass is 10.0. The number of pyridine rings is 1. The molecule has 2 aliphatic heterocycles. The first-order valence-electron chi connectivity index (χ1n) is 11.5. The summed E-state index contributed by atoms with van der Waals surface area (Å²) in [6.07, 6.45) is 6.24. The van der Waals surface area contributed by atoms with Gasteiger partial charge in [0.15, 0.2) is 0 Å². The second-order valence-electron chi connectivity index (χ2n) is 8.66. The van der Waals surface area contributed by atoms with E-state index in [0.717, 1.165) is 57.2 Å². The van der Waals surface area contributed by atoms with Crippen LogP contribution in [0.2, 0.25) is 0 Å². The molecule has 4 rings (SSSR count). The Morgan fingerprint density at radius 1 is 1.32 bits per heavy atom. The van der Waals surface area contributed by atoms with E-state index in [2.05, 4.69) is 18.3 Å². The fourth-order valence-electron chi connectivity index (χ4n) is 4.68. The monoisotopic (exact) mass is 423 g/mol. The number of unbranched alkanes of at least 4 members (excludes halogenated alkanes) is 1. The number of aliphatic carboxylic acids is 1. The van der Waals surface area contributed by atoms with Crippen LogP contribution in [0.15, 0.2) is 36.4 Å². The van der Waals surface area contributed by atoms with E-state index < -0.39 is 12.0 Å². The minimum atomic E-state index is -0.796. The maximum atomic E-state index is 11.9. The lowest BCUT2D eigenvalue weighted by molar-refractivity contribution is -0.143. The molecule has 0 spiro atoms. The van der Waals surface area contributed by atoms with Gasteiger partial charge in [-0.05, 0) is 62.6 Å². The normalized spacial score (nSPS) is 19.6. The summed E-state index contributed by atoms with van der Waals surface area (Å²) in [7, 11) is 0. The first-order chi connectivity index (χ1) is 15.1. The molecule has 0 aliphatic carbocycles. The van der Waals surface area contributed by atoms with Crippen LogP contribution in [0.3, 0.4) is 0 Å². The topological polar surface area (TPSA) is 74.7 Å². The molecule has 1 aromatic heterocycles. The summed E-state index contributed by atoms with van der Waals surface area (Å²) in [5, 5.41) is 13.2. The molecule has 2 aliphatic rings. The van der Waals surface area contributed by atoms with E-state index in [1.54, 1.807) is 0 Å². The molecule has 1 unspecified atom stereocenters. The van der Waals surface area contributed by atoms with Crippen molar-refractivity contribution in [3.8, 4) is 0 Å². The number of anilines is 1. The second kappa shape index (κ2) is 10.2. The summed E-state index contributed by atoms with van der Waals surface area (Å²) in [6.45, 7) is 5.33. The van der Waals surface area contributed by atoms with Crippen LogP contribution >= 0.6 is 0 Å². The van der Waals surface area contributed by atoms with Gasteiger partial charge in [-0.1, -0.05) is 30.3 Å². The third kappa shape index (κ3) is 5.43. The molecule has 6 nitrogen and oxygen atoms in total. The van der Waals surface area contributed by atoms with Gasteiger partial charge < -0.3 is 15.2 Å². The van der Waals surface area contributed by atoms with Gasteiger partial charge >= 0.3 is 5.97 Å². The minimum absolute atomic E-state index is 0.111. The van der Waals surface area contributed by atoms with Crippen molar-refractivity contribution in [3.05, 3.63) is 58.9 Å². The zero-order chi connectivity index (χ0) is 21.6. The SMILES string of the molecule is Cc1cc2c(nc1CCCCO[C@@H]1CCN(C(C(=O)O)c3ccccc3)C1)CCCN2. The number of nitrogens with zero attached hydrogens (tertiary/aromatic N) is 2. The number of hydrogen-bond acceptors (Lipinski definition) is 5. The van der Waals surface area contributed by atoms with E-state index in [1.165, 1.54) is 22.6 Å². The predicted octanol–water partition coefficient (Wildman–Crippen LogP) is 3.99. The first kappa shape index (κ1) is 21.8. The average Bonchev–Trinajstić information content (AvgIpc) is 3.22. The highest BCUT2D eigenvalue weighted by atomic mass is 16.5. The van der Waals surface area contributed by atoms with Crippen molar-refractivity contribution in [1.29, 1.82) is 0 Å². The summed E-state index contributed by atoms with van der Waals surface area (Å²) < 4.78 is 6.09. The Labute approximate surface area is 184 Å². The molecule has 1 aromatic carbocycles. The number of nitrogens with one attached hydrogen (secondary N) is 1. The molecule has 6 heteroatoms. The molecule has 2 atom stereocenters. The van der Waals surface area contributed by atoms with Crippen molar-refractivity contribution >= 4 is 11.7 Å². The molecule has 2 aromatic rings. The van der Waals surface area contributed by atoms with E-state index in [4.69, 9.17) is 9.72 Å². The van der Waals surface area contributed by atoms with Gasteiger partial charge in [-0.25, -0.2) is 0 Å². The third-order valence-electron chi connectivity index (χ3n) is 6.35. The molecule has 31 heavy (non-hydrogen) atoms. The predicted molar refractivity (Wildman–Crippen MR) is 121 cm³/mol. The summed E-state index contributed by atoms with van der Waals surface area (Å²) in [5.41, 5.74) is 5.72. The van der Waals surface area contributed by atoms with Crippen LogP contribution in [-0.4, -0.2) is 53.3 Å². The van der Waals surface area contributed by atoms with Crippen LogP contribution in [0.1, 0.15) is 54.2 Å². The average molecular weight is 424 g/mol. The lowest BCUT2D eigenvalue weighted by Crippen LogP contribution is -2.33. The molecule has 0 bridgehead atoms. The van der Waals surface area contributed by atoms with Gasteiger partial charge in [0.1, 0.15) is 6.04 Å². The molecule has 166 valence electrons. The highest BCUT2D eigenvalue weighted by Gasteiger charge is 2.33. The largest absolute Gasteiger partial charge is 0.480 e. The number of aryl methyl sites for hydroxylation is 3. The molecule has 0 radical (unpaired) electrons. The first-order valence-corrected chi connectivity index (χ1v) is 11.5. The van der Waals surface area contributed by atoms with Gasteiger partial charge in [-0.2, -0.15) is 0 Å². The Kier molecular flexibility index (Phi) is 7.20. The van der Waals surface area contributed by atoms with Crippen LogP contribution < -0.4 is 5.32 Å². The molecule has 0 amide bonds. The van der Waals surface area contributed by atoms with Gasteiger partial charge in [0.25, 0.3) is 0 Å². The van der Waals surface area contributed by atoms with Gasteiger partial charge in [-0.3, -0.25) is 14.7 Å². The molecule has 2 N–H and O–H groups in total. The van der Waals surface area contributed by atoms with E-state index in [1.807, 2.05) is 35.2 Å². The molecule has 0 saturated carbocycles. The highest BCUT2D eigenvalue weighted by Crippen LogP contribution is 2.27. The number of fused-ring (bicyclic) bond motifs is 1.